The summed E-state index contributed by atoms with van der Waals surface area (Å²) in [5.74, 6) is -5.69. The Morgan fingerprint density at radius 2 is 1.35 bits per heavy atom. The summed E-state index contributed by atoms with van der Waals surface area (Å²) in [6.45, 7) is 2.41. The molecule has 1 fully saturated rings. The molecule has 0 atom stereocenters. The van der Waals surface area contributed by atoms with Crippen molar-refractivity contribution in [2.24, 2.45) is 0 Å². The number of allylic oxidation sites excluding steroid dienone is 2. The molecule has 3 nitrogen and oxygen atoms in total. The summed E-state index contributed by atoms with van der Waals surface area (Å²) in [5, 5.41) is 9.28. The topological polar surface area (TPSA) is 38.7 Å². The monoisotopic (exact) mass is 472 g/mol. The highest BCUT2D eigenvalue weighted by Gasteiger charge is 2.27. The molecule has 1 aliphatic heterocycles. The fraction of sp³-hybridized carbons (Fsp3) is 0.259. The predicted molar refractivity (Wildman–Crippen MR) is 121 cm³/mol. The summed E-state index contributed by atoms with van der Waals surface area (Å²) in [7, 11) is 0. The second-order valence-electron chi connectivity index (χ2n) is 8.11. The van der Waals surface area contributed by atoms with Gasteiger partial charge >= 0.3 is 0 Å². The molecule has 0 saturated carbocycles. The first kappa shape index (κ1) is 24.0. The van der Waals surface area contributed by atoms with Gasteiger partial charge in [-0.25, -0.2) is 13.2 Å². The lowest BCUT2D eigenvalue weighted by molar-refractivity contribution is -0.189. The van der Waals surface area contributed by atoms with Gasteiger partial charge in [-0.15, -0.1) is 0 Å². The van der Waals surface area contributed by atoms with Gasteiger partial charge in [0.1, 0.15) is 0 Å². The number of hydrogen-bond acceptors (Lipinski definition) is 3. The molecule has 0 unspecified atom stereocenters. The third-order valence-electron chi connectivity index (χ3n) is 5.89. The fourth-order valence-corrected chi connectivity index (χ4v) is 3.98. The van der Waals surface area contributed by atoms with Crippen LogP contribution in [0, 0.1) is 23.3 Å². The first-order valence-corrected chi connectivity index (χ1v) is 11.0. The van der Waals surface area contributed by atoms with Crippen LogP contribution in [0.5, 0.6) is 5.75 Å². The van der Waals surface area contributed by atoms with E-state index >= 15 is 0 Å². The zero-order chi connectivity index (χ0) is 24.2. The Kier molecular flexibility index (Phi) is 7.34. The zero-order valence-electron chi connectivity index (χ0n) is 18.5. The standard InChI is InChI=1S/C27H24F4O3/c1-2-3-4-5-23-33-14-18(15-34-23)21-11-10-19(24(28)25(21)29)16-6-8-17(9-7-16)20-12-13-22(32)27(31)26(20)30/h2-3,6-13,18,23,32H,4-5,14-15H2,1H3/b3-2+. The minimum atomic E-state index is -1.34. The van der Waals surface area contributed by atoms with Crippen molar-refractivity contribution in [2.75, 3.05) is 13.2 Å². The highest BCUT2D eigenvalue weighted by molar-refractivity contribution is 5.71. The number of phenols is 1. The van der Waals surface area contributed by atoms with Crippen molar-refractivity contribution in [3.8, 4) is 28.0 Å². The van der Waals surface area contributed by atoms with E-state index in [4.69, 9.17) is 9.47 Å². The second kappa shape index (κ2) is 10.4. The van der Waals surface area contributed by atoms with E-state index in [-0.39, 0.29) is 36.2 Å². The predicted octanol–water partition coefficient (Wildman–Crippen LogP) is 7.10. The Morgan fingerprint density at radius 1 is 0.794 bits per heavy atom. The summed E-state index contributed by atoms with van der Waals surface area (Å²) >= 11 is 0. The van der Waals surface area contributed by atoms with Gasteiger partial charge in [0.2, 0.25) is 5.82 Å². The average Bonchev–Trinajstić information content (AvgIpc) is 2.85. The molecule has 1 aliphatic rings. The number of hydrogen-bond donors (Lipinski definition) is 1. The minimum absolute atomic E-state index is 0.0482. The average molecular weight is 472 g/mol. The highest BCUT2D eigenvalue weighted by atomic mass is 19.2. The van der Waals surface area contributed by atoms with E-state index < -0.39 is 34.9 Å². The largest absolute Gasteiger partial charge is 0.505 e. The lowest BCUT2D eigenvalue weighted by Gasteiger charge is -2.30. The van der Waals surface area contributed by atoms with Gasteiger partial charge in [0.25, 0.3) is 0 Å². The van der Waals surface area contributed by atoms with Crippen molar-refractivity contribution in [1.82, 2.24) is 0 Å². The Labute approximate surface area is 195 Å². The van der Waals surface area contributed by atoms with Crippen molar-refractivity contribution >= 4 is 0 Å². The van der Waals surface area contributed by atoms with E-state index in [2.05, 4.69) is 0 Å². The van der Waals surface area contributed by atoms with Crippen molar-refractivity contribution in [1.29, 1.82) is 0 Å². The molecule has 1 saturated heterocycles. The summed E-state index contributed by atoms with van der Waals surface area (Å²) in [6.07, 6.45) is 5.12. The van der Waals surface area contributed by atoms with E-state index in [0.717, 1.165) is 12.5 Å². The molecule has 0 bridgehead atoms. The highest BCUT2D eigenvalue weighted by Crippen LogP contribution is 2.34. The molecule has 34 heavy (non-hydrogen) atoms. The van der Waals surface area contributed by atoms with Gasteiger partial charge in [0.15, 0.2) is 29.5 Å². The number of ether oxygens (including phenoxy) is 2. The molecule has 1 N–H and O–H groups in total. The molecule has 3 aromatic carbocycles. The SMILES string of the molecule is C/C=C/CCC1OCC(c2ccc(-c3ccc(-c4ccc(O)c(F)c4F)cc3)c(F)c2F)CO1. The normalized spacial score (nSPS) is 18.5. The summed E-state index contributed by atoms with van der Waals surface area (Å²) in [6, 6.07) is 11.3. The molecular formula is C27H24F4O3. The smallest absolute Gasteiger partial charge is 0.200 e. The minimum Gasteiger partial charge on any atom is -0.505 e. The quantitative estimate of drug-likeness (QED) is 0.307. The van der Waals surface area contributed by atoms with Crippen LogP contribution in [0.3, 0.4) is 0 Å². The first-order valence-electron chi connectivity index (χ1n) is 11.0. The third-order valence-corrected chi connectivity index (χ3v) is 5.89. The maximum Gasteiger partial charge on any atom is 0.200 e. The van der Waals surface area contributed by atoms with Crippen LogP contribution in [0.4, 0.5) is 17.6 Å². The van der Waals surface area contributed by atoms with Crippen molar-refractivity contribution < 1.29 is 32.1 Å². The molecule has 4 rings (SSSR count). The van der Waals surface area contributed by atoms with Crippen LogP contribution in [-0.2, 0) is 9.47 Å². The van der Waals surface area contributed by atoms with Crippen LogP contribution in [0.25, 0.3) is 22.3 Å². The molecular weight excluding hydrogens is 448 g/mol. The Hall–Kier alpha value is -3.16. The summed E-state index contributed by atoms with van der Waals surface area (Å²) < 4.78 is 69.1. The van der Waals surface area contributed by atoms with Crippen molar-refractivity contribution in [2.45, 2.75) is 32.0 Å². The van der Waals surface area contributed by atoms with Crippen molar-refractivity contribution in [3.05, 3.63) is 89.5 Å². The van der Waals surface area contributed by atoms with Gasteiger partial charge in [-0.2, -0.15) is 4.39 Å². The van der Waals surface area contributed by atoms with Gasteiger partial charge in [-0.05, 0) is 42.2 Å². The van der Waals surface area contributed by atoms with Crippen LogP contribution in [0.15, 0.2) is 60.7 Å². The van der Waals surface area contributed by atoms with Crippen molar-refractivity contribution in [3.63, 3.8) is 0 Å². The first-order chi connectivity index (χ1) is 16.4. The van der Waals surface area contributed by atoms with E-state index in [1.165, 1.54) is 42.5 Å². The molecule has 0 amide bonds. The maximum absolute atomic E-state index is 15.0. The Morgan fingerprint density at radius 3 is 1.94 bits per heavy atom. The van der Waals surface area contributed by atoms with E-state index in [0.29, 0.717) is 17.5 Å². The number of rotatable bonds is 6. The second-order valence-corrected chi connectivity index (χ2v) is 8.11. The molecule has 0 aliphatic carbocycles. The van der Waals surface area contributed by atoms with Gasteiger partial charge in [0, 0.05) is 23.5 Å². The molecule has 0 radical (unpaired) electrons. The Bertz CT molecular complexity index is 1180. The number of phenolic OH excluding ortho intramolecular Hbond substituents is 1. The molecule has 0 spiro atoms. The van der Waals surface area contributed by atoms with Crippen LogP contribution in [0.2, 0.25) is 0 Å². The molecule has 178 valence electrons. The number of aromatic hydroxyl groups is 1. The zero-order valence-corrected chi connectivity index (χ0v) is 18.5. The van der Waals surface area contributed by atoms with Gasteiger partial charge in [0.05, 0.1) is 13.2 Å². The van der Waals surface area contributed by atoms with Gasteiger partial charge < -0.3 is 14.6 Å². The lowest BCUT2D eigenvalue weighted by atomic mass is 9.94. The summed E-state index contributed by atoms with van der Waals surface area (Å²) in [4.78, 5) is 0. The fourth-order valence-electron chi connectivity index (χ4n) is 3.98. The molecule has 1 heterocycles. The third kappa shape index (κ3) is 4.86. The molecule has 7 heteroatoms. The number of halogens is 4. The van der Waals surface area contributed by atoms with E-state index in [9.17, 15) is 22.7 Å². The van der Waals surface area contributed by atoms with E-state index in [1.54, 1.807) is 0 Å². The van der Waals surface area contributed by atoms with Crippen LogP contribution < -0.4 is 0 Å². The molecule has 0 aromatic heterocycles. The van der Waals surface area contributed by atoms with Crippen LogP contribution in [-0.4, -0.2) is 24.6 Å². The van der Waals surface area contributed by atoms with E-state index in [1.807, 2.05) is 19.1 Å². The summed E-state index contributed by atoms with van der Waals surface area (Å²) in [5.41, 5.74) is 0.897. The number of benzene rings is 3. The van der Waals surface area contributed by atoms with Crippen LogP contribution in [0.1, 0.15) is 31.2 Å². The lowest BCUT2D eigenvalue weighted by Crippen LogP contribution is -2.31. The Balaban J connectivity index is 1.51. The maximum atomic E-state index is 15.0. The van der Waals surface area contributed by atoms with Crippen LogP contribution >= 0.6 is 0 Å². The van der Waals surface area contributed by atoms with Gasteiger partial charge in [-0.3, -0.25) is 0 Å². The molecule has 3 aromatic rings. The van der Waals surface area contributed by atoms with Gasteiger partial charge in [-0.1, -0.05) is 48.6 Å².